The van der Waals surface area contributed by atoms with Gasteiger partial charge in [0.25, 0.3) is 0 Å². The lowest BCUT2D eigenvalue weighted by atomic mass is 10.1. The van der Waals surface area contributed by atoms with E-state index in [0.29, 0.717) is 29.6 Å². The molecule has 9 heteroatoms. The van der Waals surface area contributed by atoms with Gasteiger partial charge in [0.05, 0.1) is 34.3 Å². The van der Waals surface area contributed by atoms with Crippen LogP contribution in [0.1, 0.15) is 29.4 Å². The first-order chi connectivity index (χ1) is 16.1. The molecule has 5 rings (SSSR count). The zero-order valence-electron chi connectivity index (χ0n) is 18.3. The Bertz CT molecular complexity index is 1370. The maximum atomic E-state index is 11.7. The summed E-state index contributed by atoms with van der Waals surface area (Å²) in [6.07, 6.45) is 3.29. The van der Waals surface area contributed by atoms with Gasteiger partial charge in [0.15, 0.2) is 12.1 Å². The molecule has 0 unspecified atom stereocenters. The summed E-state index contributed by atoms with van der Waals surface area (Å²) in [6, 6.07) is 15.7. The minimum atomic E-state index is -0.0717. The SMILES string of the molecule is Cc1ccc(Nc2ccc3ncn(-c4ccc(C=O)c(N5C[C@H](C#N)C[C@@H]5C)n4)c3c2)nn1. The number of hydrogen-bond donors (Lipinski definition) is 1. The number of carbonyl (C=O) groups is 1. The largest absolute Gasteiger partial charge is 0.352 e. The molecule has 0 bridgehead atoms. The van der Waals surface area contributed by atoms with E-state index >= 15 is 0 Å². The number of nitriles is 1. The van der Waals surface area contributed by atoms with E-state index in [1.807, 2.05) is 52.8 Å². The number of rotatable bonds is 5. The van der Waals surface area contributed by atoms with Crippen LogP contribution >= 0.6 is 0 Å². The third kappa shape index (κ3) is 3.87. The monoisotopic (exact) mass is 438 g/mol. The Hall–Kier alpha value is -4.32. The van der Waals surface area contributed by atoms with Crippen molar-refractivity contribution in [1.82, 2.24) is 24.7 Å². The molecule has 0 aliphatic carbocycles. The number of carbonyl (C=O) groups excluding carboxylic acids is 1. The van der Waals surface area contributed by atoms with E-state index in [4.69, 9.17) is 4.98 Å². The minimum absolute atomic E-state index is 0.0717. The molecule has 3 aromatic heterocycles. The van der Waals surface area contributed by atoms with Crippen LogP contribution in [0.3, 0.4) is 0 Å². The molecule has 0 spiro atoms. The Kier molecular flexibility index (Phi) is 5.18. The Balaban J connectivity index is 1.53. The molecular formula is C24H22N8O. The zero-order chi connectivity index (χ0) is 22.9. The molecule has 4 aromatic rings. The molecule has 1 N–H and O–H groups in total. The number of aryl methyl sites for hydroxylation is 1. The van der Waals surface area contributed by atoms with Crippen LogP contribution < -0.4 is 10.2 Å². The summed E-state index contributed by atoms with van der Waals surface area (Å²) in [5.74, 6) is 1.83. The van der Waals surface area contributed by atoms with Crippen molar-refractivity contribution >= 4 is 34.6 Å². The Morgan fingerprint density at radius 1 is 1.18 bits per heavy atom. The highest BCUT2D eigenvalue weighted by Crippen LogP contribution is 2.31. The smallest absolute Gasteiger partial charge is 0.153 e. The molecule has 1 saturated heterocycles. The fraction of sp³-hybridized carbons (Fsp3) is 0.250. The quantitative estimate of drug-likeness (QED) is 0.468. The van der Waals surface area contributed by atoms with Crippen molar-refractivity contribution in [2.45, 2.75) is 26.3 Å². The lowest BCUT2D eigenvalue weighted by Crippen LogP contribution is -2.29. The maximum Gasteiger partial charge on any atom is 0.153 e. The van der Waals surface area contributed by atoms with E-state index in [9.17, 15) is 10.1 Å². The third-order valence-electron chi connectivity index (χ3n) is 5.91. The van der Waals surface area contributed by atoms with E-state index in [1.165, 1.54) is 0 Å². The molecule has 1 fully saturated rings. The highest BCUT2D eigenvalue weighted by Gasteiger charge is 2.31. The van der Waals surface area contributed by atoms with Crippen LogP contribution in [-0.4, -0.2) is 43.6 Å². The molecule has 0 amide bonds. The van der Waals surface area contributed by atoms with Crippen LogP contribution in [0.2, 0.25) is 0 Å². The maximum absolute atomic E-state index is 11.7. The number of fused-ring (bicyclic) bond motifs is 1. The van der Waals surface area contributed by atoms with Gasteiger partial charge in [0.2, 0.25) is 0 Å². The van der Waals surface area contributed by atoms with Gasteiger partial charge < -0.3 is 10.2 Å². The van der Waals surface area contributed by atoms with Crippen molar-refractivity contribution < 1.29 is 4.79 Å². The number of pyridine rings is 1. The zero-order valence-corrected chi connectivity index (χ0v) is 18.3. The topological polar surface area (TPSA) is 113 Å². The van der Waals surface area contributed by atoms with Crippen LogP contribution in [0.25, 0.3) is 16.9 Å². The fourth-order valence-electron chi connectivity index (χ4n) is 4.21. The summed E-state index contributed by atoms with van der Waals surface area (Å²) < 4.78 is 1.89. The summed E-state index contributed by atoms with van der Waals surface area (Å²) in [4.78, 5) is 23.1. The summed E-state index contributed by atoms with van der Waals surface area (Å²) in [5, 5.41) is 20.9. The Morgan fingerprint density at radius 2 is 2.06 bits per heavy atom. The number of aldehydes is 1. The average Bonchev–Trinajstić information content (AvgIpc) is 3.43. The van der Waals surface area contributed by atoms with Crippen molar-refractivity contribution in [1.29, 1.82) is 5.26 Å². The number of anilines is 3. The van der Waals surface area contributed by atoms with Crippen LogP contribution in [0.5, 0.6) is 0 Å². The first-order valence-electron chi connectivity index (χ1n) is 10.7. The number of benzene rings is 1. The summed E-state index contributed by atoms with van der Waals surface area (Å²) >= 11 is 0. The van der Waals surface area contributed by atoms with Crippen molar-refractivity contribution in [3.63, 3.8) is 0 Å². The molecule has 0 radical (unpaired) electrons. The first kappa shape index (κ1) is 20.6. The van der Waals surface area contributed by atoms with E-state index in [-0.39, 0.29) is 12.0 Å². The van der Waals surface area contributed by atoms with Crippen LogP contribution in [0, 0.1) is 24.2 Å². The average molecular weight is 438 g/mol. The van der Waals surface area contributed by atoms with Crippen molar-refractivity contribution in [3.8, 4) is 11.9 Å². The predicted octanol–water partition coefficient (Wildman–Crippen LogP) is 3.81. The van der Waals surface area contributed by atoms with Crippen LogP contribution in [-0.2, 0) is 0 Å². The summed E-state index contributed by atoms with van der Waals surface area (Å²) in [5.41, 5.74) is 3.88. The van der Waals surface area contributed by atoms with E-state index in [1.54, 1.807) is 12.4 Å². The van der Waals surface area contributed by atoms with Gasteiger partial charge in [0, 0.05) is 18.3 Å². The van der Waals surface area contributed by atoms with E-state index < -0.39 is 0 Å². The number of imidazole rings is 1. The molecule has 1 aromatic carbocycles. The fourth-order valence-corrected chi connectivity index (χ4v) is 4.21. The molecule has 0 saturated carbocycles. The van der Waals surface area contributed by atoms with E-state index in [0.717, 1.165) is 35.1 Å². The summed E-state index contributed by atoms with van der Waals surface area (Å²) in [7, 11) is 0. The lowest BCUT2D eigenvalue weighted by molar-refractivity contribution is 0.112. The van der Waals surface area contributed by atoms with Crippen molar-refractivity contribution in [2.75, 3.05) is 16.8 Å². The first-order valence-corrected chi connectivity index (χ1v) is 10.7. The van der Waals surface area contributed by atoms with Crippen LogP contribution in [0.15, 0.2) is 48.8 Å². The summed E-state index contributed by atoms with van der Waals surface area (Å²) in [6.45, 7) is 4.51. The third-order valence-corrected chi connectivity index (χ3v) is 5.91. The minimum Gasteiger partial charge on any atom is -0.352 e. The van der Waals surface area contributed by atoms with Gasteiger partial charge in [-0.2, -0.15) is 10.4 Å². The molecule has 1 aliphatic heterocycles. The van der Waals surface area contributed by atoms with Gasteiger partial charge >= 0.3 is 0 Å². The number of nitrogens with zero attached hydrogens (tertiary/aromatic N) is 7. The second kappa shape index (κ2) is 8.31. The standard InChI is InChI=1S/C24H22N8O/c1-15-3-7-22(30-29-15)27-19-5-6-20-21(10-19)32(14-26-20)23-8-4-18(13-33)24(28-23)31-12-17(11-25)9-16(31)2/h3-8,10,13-14,16-17H,9,12H2,1-2H3,(H,27,30)/t16-,17-/m0/s1. The van der Waals surface area contributed by atoms with Gasteiger partial charge in [-0.25, -0.2) is 9.97 Å². The molecule has 9 nitrogen and oxygen atoms in total. The predicted molar refractivity (Wildman–Crippen MR) is 125 cm³/mol. The molecule has 164 valence electrons. The molecular weight excluding hydrogens is 416 g/mol. The van der Waals surface area contributed by atoms with Crippen molar-refractivity contribution in [2.24, 2.45) is 5.92 Å². The normalized spacial score (nSPS) is 17.8. The van der Waals surface area contributed by atoms with E-state index in [2.05, 4.69) is 33.5 Å². The number of aromatic nitrogens is 5. The van der Waals surface area contributed by atoms with Gasteiger partial charge in [-0.05, 0) is 62.7 Å². The highest BCUT2D eigenvalue weighted by molar-refractivity contribution is 5.85. The molecule has 33 heavy (non-hydrogen) atoms. The number of nitrogens with one attached hydrogen (secondary N) is 1. The van der Waals surface area contributed by atoms with Gasteiger partial charge in [-0.3, -0.25) is 9.36 Å². The Labute approximate surface area is 190 Å². The second-order valence-electron chi connectivity index (χ2n) is 8.27. The van der Waals surface area contributed by atoms with Gasteiger partial charge in [-0.1, -0.05) is 0 Å². The Morgan fingerprint density at radius 3 is 2.79 bits per heavy atom. The molecule has 4 heterocycles. The highest BCUT2D eigenvalue weighted by atomic mass is 16.1. The lowest BCUT2D eigenvalue weighted by Gasteiger charge is -2.24. The molecule has 2 atom stereocenters. The number of hydrogen-bond acceptors (Lipinski definition) is 8. The van der Waals surface area contributed by atoms with Gasteiger partial charge in [0.1, 0.15) is 18.0 Å². The molecule has 1 aliphatic rings. The van der Waals surface area contributed by atoms with Crippen molar-refractivity contribution in [3.05, 3.63) is 60.0 Å². The van der Waals surface area contributed by atoms with Gasteiger partial charge in [-0.15, -0.1) is 5.10 Å². The second-order valence-corrected chi connectivity index (χ2v) is 8.27. The van der Waals surface area contributed by atoms with Crippen LogP contribution in [0.4, 0.5) is 17.3 Å².